The van der Waals surface area contributed by atoms with E-state index in [-0.39, 0.29) is 17.5 Å². The van der Waals surface area contributed by atoms with Crippen molar-refractivity contribution in [3.8, 4) is 0 Å². The molecular weight excluding hydrogens is 273 g/mol. The zero-order valence-corrected chi connectivity index (χ0v) is 12.9. The zero-order chi connectivity index (χ0) is 14.6. The molecule has 0 aliphatic carbocycles. The predicted octanol–water partition coefficient (Wildman–Crippen LogP) is 3.19. The molecule has 1 aliphatic heterocycles. The summed E-state index contributed by atoms with van der Waals surface area (Å²) in [6.07, 6.45) is 0. The van der Waals surface area contributed by atoms with Crippen LogP contribution in [-0.4, -0.2) is 47.9 Å². The number of nitrogens with zero attached hydrogens (tertiary/aromatic N) is 1. The number of nitrogens with one attached hydrogen (secondary N) is 1. The predicted molar refractivity (Wildman–Crippen MR) is 75.3 cm³/mol. The van der Waals surface area contributed by atoms with Crippen molar-refractivity contribution in [3.63, 3.8) is 0 Å². The van der Waals surface area contributed by atoms with Gasteiger partial charge in [-0.15, -0.1) is 0 Å². The first-order valence-electron chi connectivity index (χ1n) is 6.89. The summed E-state index contributed by atoms with van der Waals surface area (Å²) in [6.45, 7) is 10.8. The largest absolute Gasteiger partial charge is 0.441 e. The number of thioether (sulfide) groups is 1. The Bertz CT molecular complexity index is 269. The lowest BCUT2D eigenvalue weighted by molar-refractivity contribution is -0.0330. The lowest BCUT2D eigenvalue weighted by atomic mass is 9.94. The Morgan fingerprint density at radius 1 is 1.21 bits per heavy atom. The SMILES string of the molecule is CC(C)C1CN(CCSC(F)(F)F)C(C(C)C)CN1. The maximum atomic E-state index is 12.2. The van der Waals surface area contributed by atoms with Gasteiger partial charge in [0, 0.05) is 37.5 Å². The van der Waals surface area contributed by atoms with Crippen LogP contribution in [0.25, 0.3) is 0 Å². The molecule has 1 aliphatic rings. The summed E-state index contributed by atoms with van der Waals surface area (Å²) in [5, 5.41) is 3.52. The minimum Gasteiger partial charge on any atom is -0.311 e. The quantitative estimate of drug-likeness (QED) is 0.839. The number of hydrogen-bond donors (Lipinski definition) is 1. The number of hydrogen-bond acceptors (Lipinski definition) is 3. The van der Waals surface area contributed by atoms with E-state index in [2.05, 4.69) is 37.9 Å². The van der Waals surface area contributed by atoms with Crippen LogP contribution in [0, 0.1) is 11.8 Å². The highest BCUT2D eigenvalue weighted by Crippen LogP contribution is 2.30. The van der Waals surface area contributed by atoms with Crippen LogP contribution in [0.2, 0.25) is 0 Å². The molecule has 1 N–H and O–H groups in total. The molecule has 0 aromatic heterocycles. The highest BCUT2D eigenvalue weighted by molar-refractivity contribution is 8.00. The first-order valence-corrected chi connectivity index (χ1v) is 7.87. The molecule has 1 heterocycles. The Morgan fingerprint density at radius 3 is 2.32 bits per heavy atom. The van der Waals surface area contributed by atoms with E-state index in [0.29, 0.717) is 30.5 Å². The van der Waals surface area contributed by atoms with Crippen molar-refractivity contribution in [3.05, 3.63) is 0 Å². The van der Waals surface area contributed by atoms with E-state index < -0.39 is 5.51 Å². The van der Waals surface area contributed by atoms with Gasteiger partial charge in [0.05, 0.1) is 0 Å². The smallest absolute Gasteiger partial charge is 0.311 e. The molecule has 0 aromatic carbocycles. The van der Waals surface area contributed by atoms with Crippen molar-refractivity contribution in [2.45, 2.75) is 45.3 Å². The van der Waals surface area contributed by atoms with Gasteiger partial charge in [-0.05, 0) is 23.6 Å². The third kappa shape index (κ3) is 5.92. The minimum absolute atomic E-state index is 0.0885. The van der Waals surface area contributed by atoms with Crippen LogP contribution in [0.3, 0.4) is 0 Å². The lowest BCUT2D eigenvalue weighted by Crippen LogP contribution is -2.60. The Labute approximate surface area is 118 Å². The van der Waals surface area contributed by atoms with E-state index in [9.17, 15) is 13.2 Å². The molecule has 0 spiro atoms. The van der Waals surface area contributed by atoms with Gasteiger partial charge in [0.15, 0.2) is 0 Å². The lowest BCUT2D eigenvalue weighted by Gasteiger charge is -2.43. The van der Waals surface area contributed by atoms with E-state index in [1.54, 1.807) is 0 Å². The summed E-state index contributed by atoms with van der Waals surface area (Å²) in [6, 6.07) is 0.717. The highest BCUT2D eigenvalue weighted by atomic mass is 32.2. The third-order valence-electron chi connectivity index (χ3n) is 3.71. The van der Waals surface area contributed by atoms with Gasteiger partial charge in [-0.2, -0.15) is 13.2 Å². The maximum absolute atomic E-state index is 12.2. The van der Waals surface area contributed by atoms with Crippen molar-refractivity contribution >= 4 is 11.8 Å². The molecule has 0 aromatic rings. The zero-order valence-electron chi connectivity index (χ0n) is 12.1. The summed E-state index contributed by atoms with van der Waals surface area (Å²) in [7, 11) is 0. The minimum atomic E-state index is -4.11. The molecule has 0 bridgehead atoms. The van der Waals surface area contributed by atoms with Gasteiger partial charge in [0.1, 0.15) is 0 Å². The molecule has 2 unspecified atom stereocenters. The van der Waals surface area contributed by atoms with Gasteiger partial charge in [-0.25, -0.2) is 0 Å². The molecule has 2 nitrogen and oxygen atoms in total. The van der Waals surface area contributed by atoms with Gasteiger partial charge in [-0.3, -0.25) is 4.90 Å². The fourth-order valence-corrected chi connectivity index (χ4v) is 3.05. The third-order valence-corrected chi connectivity index (χ3v) is 4.42. The molecule has 114 valence electrons. The topological polar surface area (TPSA) is 15.3 Å². The second-order valence-electron chi connectivity index (χ2n) is 5.86. The highest BCUT2D eigenvalue weighted by Gasteiger charge is 2.32. The molecular formula is C13H25F3N2S. The summed E-state index contributed by atoms with van der Waals surface area (Å²) in [5.74, 6) is 1.08. The van der Waals surface area contributed by atoms with Crippen molar-refractivity contribution in [1.82, 2.24) is 10.2 Å². The molecule has 0 amide bonds. The van der Waals surface area contributed by atoms with Crippen LogP contribution in [0.4, 0.5) is 13.2 Å². The Kier molecular flexibility index (Phi) is 6.47. The molecule has 19 heavy (non-hydrogen) atoms. The van der Waals surface area contributed by atoms with Crippen LogP contribution in [-0.2, 0) is 0 Å². The second kappa shape index (κ2) is 7.18. The van der Waals surface area contributed by atoms with Crippen LogP contribution in [0.15, 0.2) is 0 Å². The van der Waals surface area contributed by atoms with Gasteiger partial charge in [0.2, 0.25) is 0 Å². The molecule has 0 radical (unpaired) electrons. The van der Waals surface area contributed by atoms with E-state index in [1.807, 2.05) is 0 Å². The van der Waals surface area contributed by atoms with Crippen molar-refractivity contribution in [2.75, 3.05) is 25.4 Å². The summed E-state index contributed by atoms with van der Waals surface area (Å²) in [4.78, 5) is 2.23. The average Bonchev–Trinajstić information content (AvgIpc) is 2.26. The summed E-state index contributed by atoms with van der Waals surface area (Å²) < 4.78 is 36.6. The average molecular weight is 298 g/mol. The van der Waals surface area contributed by atoms with Crippen LogP contribution in [0.1, 0.15) is 27.7 Å². The van der Waals surface area contributed by atoms with Crippen LogP contribution >= 0.6 is 11.8 Å². The second-order valence-corrected chi connectivity index (χ2v) is 7.02. The molecule has 6 heteroatoms. The van der Waals surface area contributed by atoms with E-state index >= 15 is 0 Å². The van der Waals surface area contributed by atoms with Crippen LogP contribution in [0.5, 0.6) is 0 Å². The fraction of sp³-hybridized carbons (Fsp3) is 1.00. The normalized spacial score (nSPS) is 26.4. The summed E-state index contributed by atoms with van der Waals surface area (Å²) in [5.41, 5.74) is -4.11. The maximum Gasteiger partial charge on any atom is 0.441 e. The number of halogens is 3. The van der Waals surface area contributed by atoms with Crippen molar-refractivity contribution < 1.29 is 13.2 Å². The van der Waals surface area contributed by atoms with Crippen LogP contribution < -0.4 is 5.32 Å². The Hall–Kier alpha value is 0.0600. The van der Waals surface area contributed by atoms with E-state index in [1.165, 1.54) is 0 Å². The van der Waals surface area contributed by atoms with Gasteiger partial charge in [-0.1, -0.05) is 27.7 Å². The first kappa shape index (κ1) is 17.1. The molecule has 2 atom stereocenters. The van der Waals surface area contributed by atoms with Gasteiger partial charge >= 0.3 is 5.51 Å². The summed E-state index contributed by atoms with van der Waals surface area (Å²) >= 11 is 0.0885. The van der Waals surface area contributed by atoms with Gasteiger partial charge in [0.25, 0.3) is 0 Å². The first-order chi connectivity index (χ1) is 8.70. The van der Waals surface area contributed by atoms with Crippen molar-refractivity contribution in [1.29, 1.82) is 0 Å². The Balaban J connectivity index is 2.52. The molecule has 0 saturated carbocycles. The fourth-order valence-electron chi connectivity index (χ4n) is 2.49. The Morgan fingerprint density at radius 2 is 1.84 bits per heavy atom. The molecule has 1 fully saturated rings. The number of alkyl halides is 3. The monoisotopic (exact) mass is 298 g/mol. The molecule has 1 rings (SSSR count). The van der Waals surface area contributed by atoms with Crippen molar-refractivity contribution in [2.24, 2.45) is 11.8 Å². The van der Waals surface area contributed by atoms with E-state index in [0.717, 1.165) is 13.1 Å². The van der Waals surface area contributed by atoms with E-state index in [4.69, 9.17) is 0 Å². The molecule has 1 saturated heterocycles. The standard InChI is InChI=1S/C13H25F3N2S/c1-9(2)11-8-18(5-6-19-13(14,15)16)12(7-17-11)10(3)4/h9-12,17H,5-8H2,1-4H3. The van der Waals surface area contributed by atoms with Gasteiger partial charge < -0.3 is 5.32 Å². The number of rotatable bonds is 5. The number of piperazine rings is 1.